The third-order valence-electron chi connectivity index (χ3n) is 2.77. The molecule has 12 heavy (non-hydrogen) atoms. The minimum Gasteiger partial charge on any atom is -0.481 e. The standard InChI is InChI=1S/C8H13NO2.ClH/c10-8(11)6-4-5(6)7-2-1-3-9-7;/h5-7,9H,1-4H2,(H,10,11);1H. The van der Waals surface area contributed by atoms with Gasteiger partial charge in [0.2, 0.25) is 0 Å². The van der Waals surface area contributed by atoms with E-state index in [0.717, 1.165) is 13.0 Å². The molecular weight excluding hydrogens is 178 g/mol. The molecule has 0 aromatic carbocycles. The van der Waals surface area contributed by atoms with Crippen LogP contribution in [-0.2, 0) is 4.79 Å². The number of hydrogen-bond donors (Lipinski definition) is 2. The number of carbonyl (C=O) groups is 1. The van der Waals surface area contributed by atoms with Crippen molar-refractivity contribution in [1.29, 1.82) is 0 Å². The molecule has 2 rings (SSSR count). The highest BCUT2D eigenvalue weighted by molar-refractivity contribution is 5.85. The molecule has 0 spiro atoms. The first-order chi connectivity index (χ1) is 5.29. The maximum Gasteiger partial charge on any atom is 0.306 e. The van der Waals surface area contributed by atoms with Crippen molar-refractivity contribution < 1.29 is 9.90 Å². The van der Waals surface area contributed by atoms with Gasteiger partial charge in [0, 0.05) is 6.04 Å². The summed E-state index contributed by atoms with van der Waals surface area (Å²) < 4.78 is 0. The molecule has 70 valence electrons. The van der Waals surface area contributed by atoms with Crippen LogP contribution < -0.4 is 5.32 Å². The van der Waals surface area contributed by atoms with E-state index in [-0.39, 0.29) is 18.3 Å². The first-order valence-electron chi connectivity index (χ1n) is 4.25. The van der Waals surface area contributed by atoms with Crippen LogP contribution in [0.15, 0.2) is 0 Å². The van der Waals surface area contributed by atoms with Crippen LogP contribution in [0.3, 0.4) is 0 Å². The van der Waals surface area contributed by atoms with Gasteiger partial charge in [-0.05, 0) is 31.7 Å². The van der Waals surface area contributed by atoms with Gasteiger partial charge in [-0.15, -0.1) is 12.4 Å². The van der Waals surface area contributed by atoms with Gasteiger partial charge in [-0.25, -0.2) is 0 Å². The molecule has 2 aliphatic rings. The van der Waals surface area contributed by atoms with E-state index < -0.39 is 5.97 Å². The number of carboxylic acid groups (broad SMARTS) is 1. The Kier molecular flexibility index (Phi) is 2.96. The van der Waals surface area contributed by atoms with E-state index in [2.05, 4.69) is 5.32 Å². The highest BCUT2D eigenvalue weighted by atomic mass is 35.5. The predicted octanol–water partition coefficient (Wildman–Crippen LogP) is 0.881. The van der Waals surface area contributed by atoms with Crippen molar-refractivity contribution in [3.63, 3.8) is 0 Å². The molecule has 0 amide bonds. The van der Waals surface area contributed by atoms with Gasteiger partial charge >= 0.3 is 5.97 Å². The zero-order valence-corrected chi connectivity index (χ0v) is 7.64. The monoisotopic (exact) mass is 191 g/mol. The fraction of sp³-hybridized carbons (Fsp3) is 0.875. The number of aliphatic carboxylic acids is 1. The van der Waals surface area contributed by atoms with Gasteiger partial charge in [0.25, 0.3) is 0 Å². The van der Waals surface area contributed by atoms with E-state index >= 15 is 0 Å². The fourth-order valence-corrected chi connectivity index (χ4v) is 2.02. The molecule has 3 unspecified atom stereocenters. The average molecular weight is 192 g/mol. The minimum absolute atomic E-state index is 0. The maximum absolute atomic E-state index is 10.5. The molecule has 3 atom stereocenters. The first-order valence-corrected chi connectivity index (χ1v) is 4.25. The summed E-state index contributed by atoms with van der Waals surface area (Å²) in [5, 5.41) is 12.0. The summed E-state index contributed by atoms with van der Waals surface area (Å²) in [7, 11) is 0. The summed E-state index contributed by atoms with van der Waals surface area (Å²) in [5.41, 5.74) is 0. The highest BCUT2D eigenvalue weighted by Gasteiger charge is 2.48. The van der Waals surface area contributed by atoms with Gasteiger partial charge in [-0.2, -0.15) is 0 Å². The van der Waals surface area contributed by atoms with E-state index in [0.29, 0.717) is 12.0 Å². The number of nitrogens with one attached hydrogen (secondary N) is 1. The van der Waals surface area contributed by atoms with Crippen LogP contribution in [0.2, 0.25) is 0 Å². The lowest BCUT2D eigenvalue weighted by molar-refractivity contribution is -0.138. The fourth-order valence-electron chi connectivity index (χ4n) is 2.02. The van der Waals surface area contributed by atoms with Crippen LogP contribution in [0.5, 0.6) is 0 Å². The molecule has 1 saturated carbocycles. The van der Waals surface area contributed by atoms with Crippen LogP contribution in [0.4, 0.5) is 0 Å². The van der Waals surface area contributed by atoms with Gasteiger partial charge in [-0.1, -0.05) is 0 Å². The molecule has 2 N–H and O–H groups in total. The molecule has 1 heterocycles. The molecule has 0 bridgehead atoms. The van der Waals surface area contributed by atoms with Crippen molar-refractivity contribution in [2.24, 2.45) is 11.8 Å². The normalized spacial score (nSPS) is 38.8. The third kappa shape index (κ3) is 1.72. The van der Waals surface area contributed by atoms with Crippen molar-refractivity contribution >= 4 is 18.4 Å². The molecule has 0 radical (unpaired) electrons. The van der Waals surface area contributed by atoms with E-state index in [1.165, 1.54) is 12.8 Å². The van der Waals surface area contributed by atoms with Crippen molar-refractivity contribution in [3.8, 4) is 0 Å². The Morgan fingerprint density at radius 3 is 2.67 bits per heavy atom. The SMILES string of the molecule is Cl.O=C(O)C1CC1C1CCCN1. The Hall–Kier alpha value is -0.280. The quantitative estimate of drug-likeness (QED) is 0.682. The van der Waals surface area contributed by atoms with Crippen molar-refractivity contribution in [2.45, 2.75) is 25.3 Å². The maximum atomic E-state index is 10.5. The second-order valence-electron chi connectivity index (χ2n) is 3.55. The minimum atomic E-state index is -0.608. The number of carboxylic acids is 1. The summed E-state index contributed by atoms with van der Waals surface area (Å²) in [6.07, 6.45) is 3.29. The number of hydrogen-bond acceptors (Lipinski definition) is 2. The second kappa shape index (κ2) is 3.62. The van der Waals surface area contributed by atoms with E-state index in [1.54, 1.807) is 0 Å². The summed E-state index contributed by atoms with van der Waals surface area (Å²) in [5.74, 6) is -0.204. The van der Waals surface area contributed by atoms with E-state index in [1.807, 2.05) is 0 Å². The smallest absolute Gasteiger partial charge is 0.306 e. The molecule has 1 aliphatic carbocycles. The van der Waals surface area contributed by atoms with Crippen molar-refractivity contribution in [2.75, 3.05) is 6.54 Å². The van der Waals surface area contributed by atoms with Crippen LogP contribution in [0.1, 0.15) is 19.3 Å². The average Bonchev–Trinajstić information content (AvgIpc) is 2.60. The van der Waals surface area contributed by atoms with Crippen LogP contribution in [0.25, 0.3) is 0 Å². The lowest BCUT2D eigenvalue weighted by atomic mass is 10.1. The van der Waals surface area contributed by atoms with Gasteiger partial charge in [0.1, 0.15) is 0 Å². The number of halogens is 1. The Labute approximate surface area is 77.9 Å². The summed E-state index contributed by atoms with van der Waals surface area (Å²) in [4.78, 5) is 10.5. The molecule has 0 aromatic rings. The molecule has 2 fully saturated rings. The highest BCUT2D eigenvalue weighted by Crippen LogP contribution is 2.43. The first kappa shape index (κ1) is 9.81. The van der Waals surface area contributed by atoms with Crippen LogP contribution in [-0.4, -0.2) is 23.7 Å². The van der Waals surface area contributed by atoms with Gasteiger partial charge < -0.3 is 10.4 Å². The van der Waals surface area contributed by atoms with E-state index in [9.17, 15) is 4.79 Å². The molecule has 1 aliphatic heterocycles. The molecule has 1 saturated heterocycles. The van der Waals surface area contributed by atoms with Crippen molar-refractivity contribution in [1.82, 2.24) is 5.32 Å². The predicted molar refractivity (Wildman–Crippen MR) is 47.5 cm³/mol. The second-order valence-corrected chi connectivity index (χ2v) is 3.55. The Morgan fingerprint density at radius 1 is 1.50 bits per heavy atom. The summed E-state index contributed by atoms with van der Waals surface area (Å²) >= 11 is 0. The Bertz CT molecular complexity index is 180. The third-order valence-corrected chi connectivity index (χ3v) is 2.77. The Morgan fingerprint density at radius 2 is 2.25 bits per heavy atom. The topological polar surface area (TPSA) is 49.3 Å². The largest absolute Gasteiger partial charge is 0.481 e. The van der Waals surface area contributed by atoms with Gasteiger partial charge in [-0.3, -0.25) is 4.79 Å². The van der Waals surface area contributed by atoms with Gasteiger partial charge in [0.05, 0.1) is 5.92 Å². The zero-order chi connectivity index (χ0) is 7.84. The van der Waals surface area contributed by atoms with E-state index in [4.69, 9.17) is 5.11 Å². The lowest BCUT2D eigenvalue weighted by Crippen LogP contribution is -2.25. The number of rotatable bonds is 2. The molecule has 3 nitrogen and oxygen atoms in total. The summed E-state index contributed by atoms with van der Waals surface area (Å²) in [6, 6.07) is 0.510. The summed E-state index contributed by atoms with van der Waals surface area (Å²) in [6.45, 7) is 1.08. The molecule has 4 heteroatoms. The van der Waals surface area contributed by atoms with Crippen LogP contribution >= 0.6 is 12.4 Å². The molecule has 0 aromatic heterocycles. The lowest BCUT2D eigenvalue weighted by Gasteiger charge is -2.06. The van der Waals surface area contributed by atoms with Crippen molar-refractivity contribution in [3.05, 3.63) is 0 Å². The van der Waals surface area contributed by atoms with Gasteiger partial charge in [0.15, 0.2) is 0 Å². The Balaban J connectivity index is 0.000000720. The molecular formula is C8H14ClNO2. The zero-order valence-electron chi connectivity index (χ0n) is 6.82. The van der Waals surface area contributed by atoms with Crippen LogP contribution in [0, 0.1) is 11.8 Å².